The van der Waals surface area contributed by atoms with Crippen LogP contribution in [-0.2, 0) is 28.7 Å². The molecule has 6 nitrogen and oxygen atoms in total. The fraction of sp³-hybridized carbons (Fsp3) is 0.625. The predicted molar refractivity (Wildman–Crippen MR) is 66.3 cm³/mol. The molecule has 4 aliphatic carbocycles. The molecular weight excluding hydrogens is 288 g/mol. The Hall–Kier alpha value is -1.98. The molecule has 2 aliphatic heterocycles. The molecule has 6 aliphatic rings. The molecule has 9 atom stereocenters. The van der Waals surface area contributed by atoms with Crippen LogP contribution in [0.2, 0.25) is 0 Å². The first-order valence-electron chi connectivity index (χ1n) is 7.69. The fourth-order valence-electron chi connectivity index (χ4n) is 6.74. The second kappa shape index (κ2) is 2.92. The maximum Gasteiger partial charge on any atom is 0.318 e. The molecule has 0 spiro atoms. The van der Waals surface area contributed by atoms with Gasteiger partial charge in [-0.1, -0.05) is 18.6 Å². The van der Waals surface area contributed by atoms with Crippen molar-refractivity contribution in [1.82, 2.24) is 0 Å². The molecule has 0 N–H and O–H groups in total. The number of rotatable bonds is 0. The van der Waals surface area contributed by atoms with E-state index in [9.17, 15) is 19.2 Å². The van der Waals surface area contributed by atoms with Gasteiger partial charge in [0, 0.05) is 5.92 Å². The van der Waals surface area contributed by atoms with Crippen molar-refractivity contribution in [3.8, 4) is 0 Å². The summed E-state index contributed by atoms with van der Waals surface area (Å²) in [4.78, 5) is 48.2. The highest BCUT2D eigenvalue weighted by Gasteiger charge is 2.83. The zero-order valence-corrected chi connectivity index (χ0v) is 11.6. The van der Waals surface area contributed by atoms with Crippen molar-refractivity contribution in [2.45, 2.75) is 6.92 Å². The SMILES string of the molecule is CC12C3=CC1C1C(=O)OC(=O)C1C3C1C3C(=O)OC(=O)C3C12. The largest absolute Gasteiger partial charge is 0.393 e. The Balaban J connectivity index is 1.56. The predicted octanol–water partition coefficient (Wildman–Crippen LogP) is 0.0699. The summed E-state index contributed by atoms with van der Waals surface area (Å²) in [6.45, 7) is 2.07. The lowest BCUT2D eigenvalue weighted by Gasteiger charge is -2.55. The highest BCUT2D eigenvalue weighted by atomic mass is 16.6. The summed E-state index contributed by atoms with van der Waals surface area (Å²) in [6, 6.07) is 0. The third-order valence-corrected chi connectivity index (χ3v) is 7.39. The first kappa shape index (κ1) is 11.6. The Morgan fingerprint density at radius 2 is 1.41 bits per heavy atom. The molecule has 9 unspecified atom stereocenters. The number of fused-ring (bicyclic) bond motifs is 8. The molecule has 4 bridgehead atoms. The van der Waals surface area contributed by atoms with Crippen LogP contribution in [0.25, 0.3) is 0 Å². The normalized spacial score (nSPS) is 58.9. The van der Waals surface area contributed by atoms with Crippen LogP contribution in [0.5, 0.6) is 0 Å². The van der Waals surface area contributed by atoms with E-state index in [0.717, 1.165) is 5.57 Å². The summed E-state index contributed by atoms with van der Waals surface area (Å²) in [7, 11) is 0. The first-order valence-corrected chi connectivity index (χ1v) is 7.69. The van der Waals surface area contributed by atoms with Gasteiger partial charge in [0.15, 0.2) is 0 Å². The van der Waals surface area contributed by atoms with E-state index >= 15 is 0 Å². The number of carbonyl (C=O) groups is 4. The molecule has 0 aromatic carbocycles. The molecule has 2 heterocycles. The van der Waals surface area contributed by atoms with Crippen LogP contribution in [0.4, 0.5) is 0 Å². The van der Waals surface area contributed by atoms with Crippen LogP contribution in [0.3, 0.4) is 0 Å². The number of hydrogen-bond acceptors (Lipinski definition) is 6. The van der Waals surface area contributed by atoms with Crippen molar-refractivity contribution in [2.24, 2.45) is 52.8 Å². The van der Waals surface area contributed by atoms with E-state index in [0.29, 0.717) is 0 Å². The topological polar surface area (TPSA) is 86.7 Å². The number of esters is 4. The van der Waals surface area contributed by atoms with Gasteiger partial charge in [-0.15, -0.1) is 0 Å². The second-order valence-corrected chi connectivity index (χ2v) is 7.64. The van der Waals surface area contributed by atoms with Gasteiger partial charge in [-0.25, -0.2) is 0 Å². The van der Waals surface area contributed by atoms with Crippen molar-refractivity contribution in [2.75, 3.05) is 0 Å². The van der Waals surface area contributed by atoms with Gasteiger partial charge >= 0.3 is 23.9 Å². The number of hydrogen-bond donors (Lipinski definition) is 0. The minimum absolute atomic E-state index is 0.0256. The second-order valence-electron chi connectivity index (χ2n) is 7.64. The van der Waals surface area contributed by atoms with E-state index in [4.69, 9.17) is 9.47 Å². The van der Waals surface area contributed by atoms with E-state index in [1.807, 2.05) is 0 Å². The number of ether oxygens (including phenoxy) is 2. The van der Waals surface area contributed by atoms with E-state index in [1.54, 1.807) is 0 Å². The lowest BCUT2D eigenvalue weighted by atomic mass is 9.46. The maximum atomic E-state index is 12.1. The molecule has 0 aromatic heterocycles. The van der Waals surface area contributed by atoms with Crippen LogP contribution in [0.15, 0.2) is 11.6 Å². The number of carbonyl (C=O) groups excluding carboxylic acids is 4. The molecule has 3 saturated carbocycles. The zero-order valence-electron chi connectivity index (χ0n) is 11.6. The fourth-order valence-corrected chi connectivity index (χ4v) is 6.74. The van der Waals surface area contributed by atoms with E-state index in [1.165, 1.54) is 0 Å². The van der Waals surface area contributed by atoms with Gasteiger partial charge in [-0.2, -0.15) is 0 Å². The first-order chi connectivity index (χ1) is 10.5. The molecule has 112 valence electrons. The Bertz CT molecular complexity index is 765. The number of allylic oxidation sites excluding steroid dienone is 2. The molecule has 6 rings (SSSR count). The molecule has 5 fully saturated rings. The van der Waals surface area contributed by atoms with E-state index in [2.05, 4.69) is 13.0 Å². The zero-order chi connectivity index (χ0) is 15.1. The summed E-state index contributed by atoms with van der Waals surface area (Å²) in [5.41, 5.74) is 0.903. The van der Waals surface area contributed by atoms with Crippen LogP contribution >= 0.6 is 0 Å². The Morgan fingerprint density at radius 3 is 2.14 bits per heavy atom. The third-order valence-electron chi connectivity index (χ3n) is 7.39. The minimum Gasteiger partial charge on any atom is -0.393 e. The van der Waals surface area contributed by atoms with E-state index < -0.39 is 41.6 Å². The quantitative estimate of drug-likeness (QED) is 0.357. The Labute approximate surface area is 124 Å². The average molecular weight is 300 g/mol. The molecule has 0 radical (unpaired) electrons. The van der Waals surface area contributed by atoms with Crippen molar-refractivity contribution in [3.05, 3.63) is 11.6 Å². The maximum absolute atomic E-state index is 12.1. The van der Waals surface area contributed by atoms with Gasteiger partial charge in [0.1, 0.15) is 0 Å². The Morgan fingerprint density at radius 1 is 0.818 bits per heavy atom. The Kier molecular flexibility index (Phi) is 1.53. The van der Waals surface area contributed by atoms with Crippen LogP contribution < -0.4 is 0 Å². The van der Waals surface area contributed by atoms with Crippen molar-refractivity contribution < 1.29 is 28.7 Å². The smallest absolute Gasteiger partial charge is 0.318 e. The van der Waals surface area contributed by atoms with Crippen molar-refractivity contribution >= 4 is 23.9 Å². The van der Waals surface area contributed by atoms with Crippen LogP contribution in [0.1, 0.15) is 6.92 Å². The third kappa shape index (κ3) is 0.815. The van der Waals surface area contributed by atoms with Gasteiger partial charge in [-0.05, 0) is 23.2 Å². The molecule has 6 heteroatoms. The molecule has 0 amide bonds. The van der Waals surface area contributed by atoms with Crippen molar-refractivity contribution in [3.63, 3.8) is 0 Å². The van der Waals surface area contributed by atoms with Crippen LogP contribution in [0, 0.1) is 52.8 Å². The molecule has 0 aromatic rings. The van der Waals surface area contributed by atoms with Crippen molar-refractivity contribution in [1.29, 1.82) is 0 Å². The average Bonchev–Trinajstić information content (AvgIpc) is 2.87. The lowest BCUT2D eigenvalue weighted by Crippen LogP contribution is -2.55. The number of cyclic esters (lactones) is 4. The summed E-state index contributed by atoms with van der Waals surface area (Å²) in [5, 5.41) is 0. The van der Waals surface area contributed by atoms with Gasteiger partial charge in [0.05, 0.1) is 23.7 Å². The summed E-state index contributed by atoms with van der Waals surface area (Å²) in [5.74, 6) is -3.73. The standard InChI is InChI=1S/C16H12O6/c1-16-3-2-4(16)6-8(13(18)21-12(6)17)5(3)7-9-10(11(7)16)15(20)22-14(9)19/h2,4-11H,1H3. The van der Waals surface area contributed by atoms with Gasteiger partial charge in [0.25, 0.3) is 0 Å². The monoisotopic (exact) mass is 300 g/mol. The van der Waals surface area contributed by atoms with E-state index in [-0.39, 0.29) is 35.0 Å². The van der Waals surface area contributed by atoms with Gasteiger partial charge in [-0.3, -0.25) is 19.2 Å². The highest BCUT2D eigenvalue weighted by Crippen LogP contribution is 2.81. The summed E-state index contributed by atoms with van der Waals surface area (Å²) >= 11 is 0. The summed E-state index contributed by atoms with van der Waals surface area (Å²) < 4.78 is 9.70. The molecular formula is C16H12O6. The van der Waals surface area contributed by atoms with Gasteiger partial charge in [0.2, 0.25) is 0 Å². The molecule has 2 saturated heterocycles. The molecule has 22 heavy (non-hydrogen) atoms. The van der Waals surface area contributed by atoms with Gasteiger partial charge < -0.3 is 9.47 Å². The lowest BCUT2D eigenvalue weighted by molar-refractivity contribution is -0.157. The highest BCUT2D eigenvalue weighted by molar-refractivity contribution is 6.01. The summed E-state index contributed by atoms with van der Waals surface area (Å²) in [6.07, 6.45) is 2.08. The van der Waals surface area contributed by atoms with Crippen LogP contribution in [-0.4, -0.2) is 23.9 Å². The minimum atomic E-state index is -0.468.